The minimum absolute atomic E-state index is 0.0595. The van der Waals surface area contributed by atoms with Gasteiger partial charge in [0.1, 0.15) is 18.0 Å². The molecular formula is C22H30N3O4+. The van der Waals surface area contributed by atoms with Crippen LogP contribution in [0, 0.1) is 0 Å². The van der Waals surface area contributed by atoms with Crippen LogP contribution >= 0.6 is 0 Å². The number of methoxy groups -OCH3 is 2. The molecule has 2 aromatic carbocycles. The molecule has 0 aliphatic heterocycles. The number of rotatable bonds is 10. The van der Waals surface area contributed by atoms with Crippen LogP contribution in [0.2, 0.25) is 0 Å². The fraction of sp³-hybridized carbons (Fsp3) is 0.364. The lowest BCUT2D eigenvalue weighted by molar-refractivity contribution is -0.885. The first-order chi connectivity index (χ1) is 14.0. The summed E-state index contributed by atoms with van der Waals surface area (Å²) in [4.78, 5) is 25.3. The van der Waals surface area contributed by atoms with E-state index in [1.165, 1.54) is 0 Å². The molecule has 0 saturated carbocycles. The predicted molar refractivity (Wildman–Crippen MR) is 112 cm³/mol. The number of hydrogen-bond acceptors (Lipinski definition) is 4. The quantitative estimate of drug-likeness (QED) is 0.557. The van der Waals surface area contributed by atoms with Crippen LogP contribution in [0.5, 0.6) is 11.5 Å². The van der Waals surface area contributed by atoms with Crippen molar-refractivity contribution in [1.29, 1.82) is 0 Å². The van der Waals surface area contributed by atoms with Crippen LogP contribution < -0.4 is 25.0 Å². The molecule has 0 saturated heterocycles. The van der Waals surface area contributed by atoms with Gasteiger partial charge in [-0.3, -0.25) is 9.59 Å². The SMILES string of the molecule is CCc1ccccc1NC(=O)CNC(=O)C[NH+](C)Cc1ccc(OC)cc1OC. The first-order valence-corrected chi connectivity index (χ1v) is 9.63. The van der Waals surface area contributed by atoms with Crippen molar-refractivity contribution < 1.29 is 24.0 Å². The number of ether oxygens (including phenoxy) is 2. The van der Waals surface area contributed by atoms with E-state index < -0.39 is 0 Å². The van der Waals surface area contributed by atoms with Gasteiger partial charge in [-0.25, -0.2) is 0 Å². The molecule has 7 heteroatoms. The highest BCUT2D eigenvalue weighted by molar-refractivity contribution is 5.95. The lowest BCUT2D eigenvalue weighted by atomic mass is 10.1. The average molecular weight is 400 g/mol. The molecule has 0 bridgehead atoms. The van der Waals surface area contributed by atoms with E-state index in [0.717, 1.165) is 39.6 Å². The van der Waals surface area contributed by atoms with E-state index in [9.17, 15) is 9.59 Å². The van der Waals surface area contributed by atoms with Gasteiger partial charge in [0.25, 0.3) is 5.91 Å². The van der Waals surface area contributed by atoms with Crippen molar-refractivity contribution >= 4 is 17.5 Å². The highest BCUT2D eigenvalue weighted by atomic mass is 16.5. The van der Waals surface area contributed by atoms with Gasteiger partial charge >= 0.3 is 0 Å². The van der Waals surface area contributed by atoms with Crippen LogP contribution in [0.15, 0.2) is 42.5 Å². The summed E-state index contributed by atoms with van der Waals surface area (Å²) in [6, 6.07) is 13.3. The molecule has 1 unspecified atom stereocenters. The molecule has 0 heterocycles. The Balaban J connectivity index is 1.82. The second-order valence-corrected chi connectivity index (χ2v) is 6.82. The standard InChI is InChI=1S/C22H29N3O4/c1-5-16-8-6-7-9-19(16)24-21(26)13-23-22(27)15-25(2)14-17-10-11-18(28-3)12-20(17)29-4/h6-12H,5,13-15H2,1-4H3,(H,23,27)(H,24,26)/p+1. The fourth-order valence-corrected chi connectivity index (χ4v) is 3.05. The van der Waals surface area contributed by atoms with Crippen molar-refractivity contribution in [3.05, 3.63) is 53.6 Å². The first-order valence-electron chi connectivity index (χ1n) is 9.63. The van der Waals surface area contributed by atoms with Crippen LogP contribution in [0.4, 0.5) is 5.69 Å². The molecule has 0 aromatic heterocycles. The van der Waals surface area contributed by atoms with Gasteiger partial charge in [-0.15, -0.1) is 0 Å². The average Bonchev–Trinajstić information content (AvgIpc) is 2.72. The second-order valence-electron chi connectivity index (χ2n) is 6.82. The summed E-state index contributed by atoms with van der Waals surface area (Å²) < 4.78 is 10.6. The monoisotopic (exact) mass is 400 g/mol. The smallest absolute Gasteiger partial charge is 0.275 e. The van der Waals surface area contributed by atoms with Gasteiger partial charge in [0.2, 0.25) is 5.91 Å². The molecule has 0 aliphatic rings. The van der Waals surface area contributed by atoms with Crippen molar-refractivity contribution in [2.75, 3.05) is 39.7 Å². The molecule has 7 nitrogen and oxygen atoms in total. The molecular weight excluding hydrogens is 370 g/mol. The lowest BCUT2D eigenvalue weighted by Crippen LogP contribution is -3.08. The van der Waals surface area contributed by atoms with Crippen molar-refractivity contribution in [2.45, 2.75) is 19.9 Å². The Labute approximate surface area is 172 Å². The summed E-state index contributed by atoms with van der Waals surface area (Å²) in [5.41, 5.74) is 2.82. The number of aryl methyl sites for hydroxylation is 1. The van der Waals surface area contributed by atoms with Crippen molar-refractivity contribution in [2.24, 2.45) is 0 Å². The molecule has 0 aliphatic carbocycles. The number of benzene rings is 2. The number of anilines is 1. The number of hydrogen-bond donors (Lipinski definition) is 3. The molecule has 1 atom stereocenters. The Bertz CT molecular complexity index is 839. The topological polar surface area (TPSA) is 81.1 Å². The summed E-state index contributed by atoms with van der Waals surface area (Å²) >= 11 is 0. The zero-order chi connectivity index (χ0) is 21.2. The molecule has 0 radical (unpaired) electrons. The number of amides is 2. The van der Waals surface area contributed by atoms with E-state index in [2.05, 4.69) is 10.6 Å². The van der Waals surface area contributed by atoms with Gasteiger partial charge in [0.15, 0.2) is 6.54 Å². The molecule has 2 aromatic rings. The summed E-state index contributed by atoms with van der Waals surface area (Å²) in [7, 11) is 5.13. The third-order valence-corrected chi connectivity index (χ3v) is 4.57. The van der Waals surface area contributed by atoms with E-state index in [1.54, 1.807) is 14.2 Å². The number of quaternary nitrogens is 1. The zero-order valence-electron chi connectivity index (χ0n) is 17.5. The number of carbonyl (C=O) groups is 2. The van der Waals surface area contributed by atoms with E-state index in [-0.39, 0.29) is 24.9 Å². The van der Waals surface area contributed by atoms with Crippen molar-refractivity contribution in [3.8, 4) is 11.5 Å². The molecule has 0 fully saturated rings. The maximum Gasteiger partial charge on any atom is 0.275 e. The first kappa shape index (κ1) is 22.2. The normalized spacial score (nSPS) is 11.4. The number of para-hydroxylation sites is 1. The van der Waals surface area contributed by atoms with Crippen molar-refractivity contribution in [1.82, 2.24) is 5.32 Å². The number of likely N-dealkylation sites (N-methyl/N-ethyl adjacent to an activating group) is 1. The van der Waals surface area contributed by atoms with E-state index >= 15 is 0 Å². The van der Waals surface area contributed by atoms with E-state index in [1.807, 2.05) is 56.4 Å². The van der Waals surface area contributed by atoms with E-state index in [4.69, 9.17) is 9.47 Å². The van der Waals surface area contributed by atoms with Gasteiger partial charge in [-0.05, 0) is 30.2 Å². The highest BCUT2D eigenvalue weighted by Crippen LogP contribution is 2.23. The molecule has 156 valence electrons. The minimum Gasteiger partial charge on any atom is -0.497 e. The Morgan fingerprint density at radius 2 is 1.76 bits per heavy atom. The predicted octanol–water partition coefficient (Wildman–Crippen LogP) is 1.04. The summed E-state index contributed by atoms with van der Waals surface area (Å²) in [5, 5.41) is 5.53. The van der Waals surface area contributed by atoms with Gasteiger partial charge < -0.3 is 25.0 Å². The molecule has 0 spiro atoms. The molecule has 29 heavy (non-hydrogen) atoms. The maximum atomic E-state index is 12.2. The summed E-state index contributed by atoms with van der Waals surface area (Å²) in [5.74, 6) is 1.01. The van der Waals surface area contributed by atoms with Gasteiger partial charge in [-0.2, -0.15) is 0 Å². The Hall–Kier alpha value is -3.06. The zero-order valence-corrected chi connectivity index (χ0v) is 17.5. The third kappa shape index (κ3) is 6.80. The third-order valence-electron chi connectivity index (χ3n) is 4.57. The Morgan fingerprint density at radius 3 is 2.45 bits per heavy atom. The van der Waals surface area contributed by atoms with Crippen molar-refractivity contribution in [3.63, 3.8) is 0 Å². The van der Waals surface area contributed by atoms with Crippen LogP contribution in [0.3, 0.4) is 0 Å². The van der Waals surface area contributed by atoms with Crippen LogP contribution in [-0.2, 0) is 22.6 Å². The molecule has 3 N–H and O–H groups in total. The Kier molecular flexibility index (Phi) is 8.48. The van der Waals surface area contributed by atoms with Crippen LogP contribution in [0.25, 0.3) is 0 Å². The second kappa shape index (κ2) is 11.1. The molecule has 2 amide bonds. The van der Waals surface area contributed by atoms with Crippen LogP contribution in [-0.4, -0.2) is 46.2 Å². The van der Waals surface area contributed by atoms with E-state index in [0.29, 0.717) is 6.54 Å². The van der Waals surface area contributed by atoms with Gasteiger partial charge in [0.05, 0.1) is 27.8 Å². The fourth-order valence-electron chi connectivity index (χ4n) is 3.05. The summed E-state index contributed by atoms with van der Waals surface area (Å²) in [6.07, 6.45) is 0.825. The van der Waals surface area contributed by atoms with Crippen LogP contribution in [0.1, 0.15) is 18.1 Å². The number of carbonyl (C=O) groups excluding carboxylic acids is 2. The molecule has 2 rings (SSSR count). The largest absolute Gasteiger partial charge is 0.497 e. The van der Waals surface area contributed by atoms with Gasteiger partial charge in [-0.1, -0.05) is 25.1 Å². The highest BCUT2D eigenvalue weighted by Gasteiger charge is 2.15. The lowest BCUT2D eigenvalue weighted by Gasteiger charge is -2.16. The maximum absolute atomic E-state index is 12.2. The van der Waals surface area contributed by atoms with Gasteiger partial charge in [0, 0.05) is 17.3 Å². The Morgan fingerprint density at radius 1 is 1.00 bits per heavy atom. The summed E-state index contributed by atoms with van der Waals surface area (Å²) in [6.45, 7) is 2.82. The minimum atomic E-state index is -0.242. The number of nitrogens with one attached hydrogen (secondary N) is 3.